The molecule has 31 heavy (non-hydrogen) atoms. The molecule has 0 bridgehead atoms. The van der Waals surface area contributed by atoms with E-state index in [1.54, 1.807) is 0 Å². The van der Waals surface area contributed by atoms with Gasteiger partial charge in [0, 0.05) is 18.8 Å². The topological polar surface area (TPSA) is 44.7 Å². The first-order valence-corrected chi connectivity index (χ1v) is 12.2. The number of hydrogen-bond acceptors (Lipinski definition) is 3. The molecular formula is C27H43N3O. The predicted molar refractivity (Wildman–Crippen MR) is 132 cm³/mol. The molecule has 1 aliphatic heterocycles. The van der Waals surface area contributed by atoms with Gasteiger partial charge in [0.05, 0.1) is 0 Å². The van der Waals surface area contributed by atoms with E-state index >= 15 is 0 Å². The Morgan fingerprint density at radius 2 is 1.77 bits per heavy atom. The quantitative estimate of drug-likeness (QED) is 0.403. The lowest BCUT2D eigenvalue weighted by atomic mass is 10.0. The second-order valence-corrected chi connectivity index (χ2v) is 9.54. The van der Waals surface area contributed by atoms with Gasteiger partial charge in [0.1, 0.15) is 5.70 Å². The van der Waals surface area contributed by atoms with Crippen molar-refractivity contribution in [2.45, 2.75) is 86.5 Å². The molecule has 2 fully saturated rings. The third-order valence-corrected chi connectivity index (χ3v) is 6.25. The first-order valence-electron chi connectivity index (χ1n) is 12.2. The fraction of sp³-hybridized carbons (Fsp3) is 0.630. The lowest BCUT2D eigenvalue weighted by Gasteiger charge is -2.27. The van der Waals surface area contributed by atoms with Crippen molar-refractivity contribution in [2.75, 3.05) is 13.1 Å². The molecular weight excluding hydrogens is 382 g/mol. The molecule has 1 amide bonds. The molecule has 1 atom stereocenters. The van der Waals surface area contributed by atoms with E-state index in [0.29, 0.717) is 5.70 Å². The number of carbonyl (C=O) groups excluding carboxylic acids is 1. The van der Waals surface area contributed by atoms with Crippen LogP contribution in [0.2, 0.25) is 0 Å². The highest BCUT2D eigenvalue weighted by Gasteiger charge is 2.22. The van der Waals surface area contributed by atoms with Crippen molar-refractivity contribution in [1.82, 2.24) is 10.4 Å². The molecule has 4 nitrogen and oxygen atoms in total. The average Bonchev–Trinajstić information content (AvgIpc) is 3.57. The third-order valence-electron chi connectivity index (χ3n) is 6.25. The van der Waals surface area contributed by atoms with Gasteiger partial charge in [-0.3, -0.25) is 10.2 Å². The molecule has 0 radical (unpaired) electrons. The van der Waals surface area contributed by atoms with Crippen LogP contribution >= 0.6 is 0 Å². The van der Waals surface area contributed by atoms with Crippen molar-refractivity contribution in [1.29, 1.82) is 0 Å². The fourth-order valence-electron chi connectivity index (χ4n) is 3.89. The van der Waals surface area contributed by atoms with Gasteiger partial charge in [0.25, 0.3) is 5.91 Å². The molecule has 1 aromatic rings. The van der Waals surface area contributed by atoms with Crippen LogP contribution in [0.25, 0.3) is 0 Å². The summed E-state index contributed by atoms with van der Waals surface area (Å²) in [5, 5.41) is 2.01. The van der Waals surface area contributed by atoms with Crippen LogP contribution in [-0.2, 0) is 4.79 Å². The summed E-state index contributed by atoms with van der Waals surface area (Å²) in [6.07, 6.45) is 9.42. The monoisotopic (exact) mass is 425 g/mol. The number of nitrogens with zero attached hydrogens (tertiary/aromatic N) is 2. The molecule has 1 unspecified atom stereocenters. The Kier molecular flexibility index (Phi) is 10.5. The van der Waals surface area contributed by atoms with E-state index < -0.39 is 0 Å². The van der Waals surface area contributed by atoms with Gasteiger partial charge >= 0.3 is 0 Å². The van der Waals surface area contributed by atoms with E-state index in [2.05, 4.69) is 37.3 Å². The van der Waals surface area contributed by atoms with Crippen molar-refractivity contribution < 1.29 is 4.79 Å². The highest BCUT2D eigenvalue weighted by Crippen LogP contribution is 2.35. The zero-order valence-electron chi connectivity index (χ0n) is 20.6. The van der Waals surface area contributed by atoms with Crippen LogP contribution in [0, 0.1) is 18.8 Å². The van der Waals surface area contributed by atoms with E-state index in [1.165, 1.54) is 37.7 Å². The Morgan fingerprint density at radius 1 is 1.13 bits per heavy atom. The number of aliphatic imine (C=N–C) groups is 1. The molecule has 0 spiro atoms. The van der Waals surface area contributed by atoms with Gasteiger partial charge in [0.2, 0.25) is 0 Å². The first kappa shape index (κ1) is 25.3. The largest absolute Gasteiger partial charge is 0.284 e. The number of nitrogens with one attached hydrogen (secondary N) is 1. The molecule has 1 heterocycles. The molecule has 1 aliphatic carbocycles. The summed E-state index contributed by atoms with van der Waals surface area (Å²) in [5.74, 6) is 2.01. The lowest BCUT2D eigenvalue weighted by molar-refractivity contribution is -0.122. The van der Waals surface area contributed by atoms with E-state index in [-0.39, 0.29) is 5.91 Å². The van der Waals surface area contributed by atoms with Gasteiger partial charge in [-0.1, -0.05) is 63.8 Å². The number of piperidine rings is 1. The Hall–Kier alpha value is -1.94. The lowest BCUT2D eigenvalue weighted by Crippen LogP contribution is -2.45. The highest BCUT2D eigenvalue weighted by atomic mass is 16.2. The standard InChI is InChI=1S/C19H27N3O.C8H16/c1-14(2)18(19(23)21-22-12-8-5-9-13-22)20-16(4)17-11-7-6-10-15(17)3;1-3-7(2)6-8-4-5-8/h6-7,10-11H,5,8-9,12-13H2,1-4H3,(H,21,23);7-8H,3-6H2,1-2H3. The van der Waals surface area contributed by atoms with Crippen molar-refractivity contribution >= 4 is 11.6 Å². The van der Waals surface area contributed by atoms with Crippen LogP contribution in [0.5, 0.6) is 0 Å². The number of amides is 1. The van der Waals surface area contributed by atoms with Gasteiger partial charge in [-0.15, -0.1) is 0 Å². The molecule has 2 aliphatic rings. The Morgan fingerprint density at radius 3 is 2.32 bits per heavy atom. The zero-order valence-corrected chi connectivity index (χ0v) is 20.6. The SMILES string of the molecule is CC(=NC(C(=O)NN1CCCCC1)=C(C)C)c1ccccc1C.CCC(C)CC1CC1. The summed E-state index contributed by atoms with van der Waals surface area (Å²) in [6.45, 7) is 14.4. The van der Waals surface area contributed by atoms with Gasteiger partial charge in [-0.25, -0.2) is 10.0 Å². The van der Waals surface area contributed by atoms with Crippen molar-refractivity contribution in [3.05, 3.63) is 46.7 Å². The predicted octanol–water partition coefficient (Wildman–Crippen LogP) is 6.45. The van der Waals surface area contributed by atoms with Gasteiger partial charge in [-0.05, 0) is 75.5 Å². The van der Waals surface area contributed by atoms with Crippen LogP contribution in [0.1, 0.15) is 90.7 Å². The molecule has 0 aromatic heterocycles. The molecule has 1 saturated carbocycles. The number of rotatable bonds is 7. The summed E-state index contributed by atoms with van der Waals surface area (Å²) in [6, 6.07) is 8.11. The number of carbonyl (C=O) groups is 1. The summed E-state index contributed by atoms with van der Waals surface area (Å²) in [7, 11) is 0. The number of benzene rings is 1. The minimum atomic E-state index is -0.111. The van der Waals surface area contributed by atoms with Crippen LogP contribution in [0.3, 0.4) is 0 Å². The minimum Gasteiger partial charge on any atom is -0.283 e. The summed E-state index contributed by atoms with van der Waals surface area (Å²) in [5.41, 5.74) is 7.55. The van der Waals surface area contributed by atoms with Crippen molar-refractivity contribution in [3.8, 4) is 0 Å². The van der Waals surface area contributed by atoms with Crippen LogP contribution in [0.15, 0.2) is 40.5 Å². The molecule has 1 aromatic carbocycles. The Labute approximate surface area is 190 Å². The number of allylic oxidation sites excluding steroid dienone is 1. The third kappa shape index (κ3) is 8.98. The number of hydrazine groups is 1. The van der Waals surface area contributed by atoms with Crippen molar-refractivity contribution in [2.24, 2.45) is 16.8 Å². The van der Waals surface area contributed by atoms with E-state index in [4.69, 9.17) is 0 Å². The summed E-state index contributed by atoms with van der Waals surface area (Å²) >= 11 is 0. The number of aryl methyl sites for hydroxylation is 1. The Balaban J connectivity index is 0.000000357. The minimum absolute atomic E-state index is 0.111. The molecule has 1 saturated heterocycles. The second-order valence-electron chi connectivity index (χ2n) is 9.54. The molecule has 4 heteroatoms. The first-order chi connectivity index (χ1) is 14.8. The molecule has 172 valence electrons. The normalized spacial score (nSPS) is 17.9. The smallest absolute Gasteiger partial charge is 0.283 e. The highest BCUT2D eigenvalue weighted by molar-refractivity contribution is 6.04. The van der Waals surface area contributed by atoms with Gasteiger partial charge < -0.3 is 0 Å². The van der Waals surface area contributed by atoms with E-state index in [9.17, 15) is 4.79 Å². The van der Waals surface area contributed by atoms with Crippen LogP contribution in [0.4, 0.5) is 0 Å². The average molecular weight is 426 g/mol. The molecule has 1 N–H and O–H groups in total. The fourth-order valence-corrected chi connectivity index (χ4v) is 3.89. The van der Waals surface area contributed by atoms with Gasteiger partial charge in [0.15, 0.2) is 0 Å². The number of hydrogen-bond donors (Lipinski definition) is 1. The second kappa shape index (κ2) is 12.8. The summed E-state index contributed by atoms with van der Waals surface area (Å²) in [4.78, 5) is 17.2. The maximum atomic E-state index is 12.6. The van der Waals surface area contributed by atoms with Crippen LogP contribution < -0.4 is 5.43 Å². The van der Waals surface area contributed by atoms with E-state index in [1.807, 2.05) is 44.0 Å². The maximum absolute atomic E-state index is 12.6. The van der Waals surface area contributed by atoms with Crippen molar-refractivity contribution in [3.63, 3.8) is 0 Å². The maximum Gasteiger partial charge on any atom is 0.284 e. The zero-order chi connectivity index (χ0) is 22.8. The Bertz CT molecular complexity index is 766. The van der Waals surface area contributed by atoms with E-state index in [0.717, 1.165) is 54.6 Å². The summed E-state index contributed by atoms with van der Waals surface area (Å²) < 4.78 is 0. The molecule has 3 rings (SSSR count). The van der Waals surface area contributed by atoms with Gasteiger partial charge in [-0.2, -0.15) is 0 Å². The van der Waals surface area contributed by atoms with Crippen LogP contribution in [-0.4, -0.2) is 29.7 Å².